The van der Waals surface area contributed by atoms with E-state index in [2.05, 4.69) is 159 Å². The van der Waals surface area contributed by atoms with Gasteiger partial charge in [0.25, 0.3) is 0 Å². The Hall–Kier alpha value is -4.17. The Kier molecular flexibility index (Phi) is 17.4. The van der Waals surface area contributed by atoms with Crippen LogP contribution in [0.2, 0.25) is 0 Å². The summed E-state index contributed by atoms with van der Waals surface area (Å²) in [4.78, 5) is 4.89. The predicted octanol–water partition coefficient (Wildman–Crippen LogP) is 10.8. The number of pyridine rings is 1. The van der Waals surface area contributed by atoms with Gasteiger partial charge in [-0.1, -0.05) is 151 Å². The molecule has 1 heterocycles. The highest BCUT2D eigenvalue weighted by Crippen LogP contribution is 2.22. The summed E-state index contributed by atoms with van der Waals surface area (Å²) in [5.74, 6) is 0. The Morgan fingerprint density at radius 1 is 0.935 bits per heavy atom. The molecule has 1 unspecified atom stereocenters. The van der Waals surface area contributed by atoms with Crippen LogP contribution in [0.3, 0.4) is 0 Å². The highest BCUT2D eigenvalue weighted by Gasteiger charge is 2.16. The molecule has 2 nitrogen and oxygen atoms in total. The maximum atomic E-state index is 4.89. The number of aryl methyl sites for hydroxylation is 1. The van der Waals surface area contributed by atoms with E-state index in [1.165, 1.54) is 33.0 Å². The molecule has 1 aromatic heterocycles. The fraction of sp³-hybridized carbons (Fsp3) is 0.341. The summed E-state index contributed by atoms with van der Waals surface area (Å²) in [7, 11) is 0. The van der Waals surface area contributed by atoms with Crippen molar-refractivity contribution < 1.29 is 0 Å². The van der Waals surface area contributed by atoms with Crippen LogP contribution in [0.5, 0.6) is 0 Å². The molecular weight excluding hydrogens is 556 g/mol. The predicted molar refractivity (Wildman–Crippen MR) is 209 cm³/mol. The molecule has 3 aromatic rings. The highest BCUT2D eigenvalue weighted by molar-refractivity contribution is 5.69. The molecule has 0 radical (unpaired) electrons. The van der Waals surface area contributed by atoms with E-state index in [4.69, 9.17) is 4.98 Å². The molecule has 0 saturated heterocycles. The minimum Gasteiger partial charge on any atom is -0.377 e. The summed E-state index contributed by atoms with van der Waals surface area (Å²) in [5, 5.41) is 5.85. The minimum absolute atomic E-state index is 0.122. The molecule has 1 aliphatic rings. The zero-order valence-corrected chi connectivity index (χ0v) is 30.4. The number of nitrogens with zero attached hydrogens (tertiary/aromatic N) is 1. The number of allylic oxidation sites excluding steroid dienone is 2. The Morgan fingerprint density at radius 2 is 1.52 bits per heavy atom. The summed E-state index contributed by atoms with van der Waals surface area (Å²) in [6, 6.07) is 19.7. The van der Waals surface area contributed by atoms with Crippen molar-refractivity contribution in [3.8, 4) is 0 Å². The lowest BCUT2D eigenvalue weighted by Crippen LogP contribution is -2.36. The number of hydrogen-bond acceptors (Lipinski definition) is 2. The summed E-state index contributed by atoms with van der Waals surface area (Å²) >= 11 is 0. The van der Waals surface area contributed by atoms with E-state index in [1.807, 2.05) is 20.8 Å². The normalized spacial score (nSPS) is 12.2. The first-order chi connectivity index (χ1) is 21.9. The molecule has 0 saturated carbocycles. The summed E-state index contributed by atoms with van der Waals surface area (Å²) in [6.07, 6.45) is 12.6. The van der Waals surface area contributed by atoms with Crippen molar-refractivity contribution in [1.29, 1.82) is 0 Å². The average molecular weight is 617 g/mol. The smallest absolute Gasteiger partial charge is 0.0868 e. The van der Waals surface area contributed by atoms with E-state index < -0.39 is 0 Å². The first kappa shape index (κ1) is 39.9. The van der Waals surface area contributed by atoms with Crippen LogP contribution >= 0.6 is 0 Å². The van der Waals surface area contributed by atoms with Crippen LogP contribution in [0.1, 0.15) is 108 Å². The Morgan fingerprint density at radius 3 is 2.04 bits per heavy atom. The molecule has 4 rings (SSSR count). The van der Waals surface area contributed by atoms with Gasteiger partial charge in [-0.15, -0.1) is 13.2 Å². The SMILES string of the molecule is C/C=C/c1ccc(C(C)(C)C)cc1.C=C.C=C(NC(Cc1ccc(C)cc1)C(=C)CC)c1cc(C(=C)C)c2c(n1)=CCCC=2.CC. The lowest BCUT2D eigenvalue weighted by atomic mass is 9.87. The van der Waals surface area contributed by atoms with Gasteiger partial charge in [0.2, 0.25) is 0 Å². The van der Waals surface area contributed by atoms with Crippen molar-refractivity contribution >= 4 is 29.5 Å². The topological polar surface area (TPSA) is 24.9 Å². The molecule has 2 aromatic carbocycles. The zero-order valence-electron chi connectivity index (χ0n) is 30.4. The zero-order chi connectivity index (χ0) is 34.9. The van der Waals surface area contributed by atoms with Gasteiger partial charge in [0.1, 0.15) is 0 Å². The van der Waals surface area contributed by atoms with Crippen molar-refractivity contribution in [2.75, 3.05) is 0 Å². The summed E-state index contributed by atoms with van der Waals surface area (Å²) in [5.41, 5.74) is 10.6. The van der Waals surface area contributed by atoms with Crippen LogP contribution in [-0.4, -0.2) is 11.0 Å². The Labute approximate surface area is 281 Å². The maximum Gasteiger partial charge on any atom is 0.0868 e. The number of rotatable bonds is 9. The monoisotopic (exact) mass is 616 g/mol. The standard InChI is InChI=1S/C27H32N2.C13H18.C2H6.C2H4/c1-7-20(5)26(16-22-14-12-19(4)13-15-22)28-21(6)27-17-24(18(2)3)23-10-8-9-11-25(23)29-27;1-5-6-11-7-9-12(10-8-11)13(2,3)4;2*1-2/h10-15,17,26,28H,2,5-9,16H2,1,3-4H3;5-10H,1-4H3;1-2H3;1-2H2/b;6-5+;;. The molecule has 246 valence electrons. The number of benzene rings is 2. The van der Waals surface area contributed by atoms with Crippen LogP contribution < -0.4 is 15.9 Å². The third-order valence-electron chi connectivity index (χ3n) is 7.70. The van der Waals surface area contributed by atoms with Gasteiger partial charge < -0.3 is 5.32 Å². The fourth-order valence-corrected chi connectivity index (χ4v) is 4.97. The van der Waals surface area contributed by atoms with Crippen LogP contribution in [0.15, 0.2) is 99.1 Å². The molecule has 0 aliphatic heterocycles. The summed E-state index contributed by atoms with van der Waals surface area (Å²) < 4.78 is 0. The molecule has 0 amide bonds. The quantitative estimate of drug-likeness (QED) is 0.242. The van der Waals surface area contributed by atoms with Gasteiger partial charge in [0, 0.05) is 5.22 Å². The van der Waals surface area contributed by atoms with Crippen molar-refractivity contribution in [2.45, 2.75) is 99.5 Å². The van der Waals surface area contributed by atoms with Gasteiger partial charge in [-0.2, -0.15) is 0 Å². The lowest BCUT2D eigenvalue weighted by molar-refractivity contribution is 0.590. The maximum absolute atomic E-state index is 4.89. The fourth-order valence-electron chi connectivity index (χ4n) is 4.97. The van der Waals surface area contributed by atoms with E-state index in [0.717, 1.165) is 53.6 Å². The Balaban J connectivity index is 0.000000520. The minimum atomic E-state index is 0.122. The van der Waals surface area contributed by atoms with Crippen molar-refractivity contribution in [3.05, 3.63) is 143 Å². The van der Waals surface area contributed by atoms with Gasteiger partial charge >= 0.3 is 0 Å². The lowest BCUT2D eigenvalue weighted by Gasteiger charge is -2.23. The van der Waals surface area contributed by atoms with E-state index >= 15 is 0 Å². The summed E-state index contributed by atoms with van der Waals surface area (Å²) in [6.45, 7) is 37.8. The van der Waals surface area contributed by atoms with E-state index in [0.29, 0.717) is 0 Å². The molecule has 46 heavy (non-hydrogen) atoms. The number of aromatic nitrogens is 1. The molecule has 0 spiro atoms. The van der Waals surface area contributed by atoms with Crippen molar-refractivity contribution in [3.63, 3.8) is 0 Å². The van der Waals surface area contributed by atoms with Crippen LogP contribution in [0.4, 0.5) is 0 Å². The van der Waals surface area contributed by atoms with Crippen molar-refractivity contribution in [1.82, 2.24) is 10.3 Å². The second-order valence-corrected chi connectivity index (χ2v) is 12.4. The molecule has 0 bridgehead atoms. The van der Waals surface area contributed by atoms with Crippen LogP contribution in [-0.2, 0) is 11.8 Å². The van der Waals surface area contributed by atoms with Crippen LogP contribution in [0, 0.1) is 6.92 Å². The Bertz CT molecular complexity index is 1560. The molecule has 1 N–H and O–H groups in total. The molecule has 0 fully saturated rings. The first-order valence-electron chi connectivity index (χ1n) is 16.7. The van der Waals surface area contributed by atoms with Crippen molar-refractivity contribution in [2.24, 2.45) is 0 Å². The largest absolute Gasteiger partial charge is 0.377 e. The van der Waals surface area contributed by atoms with Gasteiger partial charge in [-0.25, -0.2) is 4.98 Å². The number of hydrogen-bond donors (Lipinski definition) is 1. The third kappa shape index (κ3) is 12.3. The van der Waals surface area contributed by atoms with Crippen LogP contribution in [0.25, 0.3) is 29.5 Å². The van der Waals surface area contributed by atoms with Gasteiger partial charge in [-0.05, 0) is 80.2 Å². The second kappa shape index (κ2) is 20.1. The van der Waals surface area contributed by atoms with Gasteiger partial charge in [0.15, 0.2) is 0 Å². The molecule has 1 aliphatic carbocycles. The number of fused-ring (bicyclic) bond motifs is 1. The van der Waals surface area contributed by atoms with Gasteiger partial charge in [0.05, 0.1) is 22.8 Å². The average Bonchev–Trinajstić information content (AvgIpc) is 3.06. The second-order valence-electron chi connectivity index (χ2n) is 12.4. The molecule has 1 atom stereocenters. The number of nitrogens with one attached hydrogen (secondary N) is 1. The van der Waals surface area contributed by atoms with E-state index in [-0.39, 0.29) is 11.5 Å². The van der Waals surface area contributed by atoms with E-state index in [9.17, 15) is 0 Å². The molecular formula is C44H60N2. The van der Waals surface area contributed by atoms with Gasteiger partial charge in [-0.3, -0.25) is 0 Å². The third-order valence-corrected chi connectivity index (χ3v) is 7.70. The molecule has 2 heteroatoms. The first-order valence-corrected chi connectivity index (χ1v) is 16.7. The highest BCUT2D eigenvalue weighted by atomic mass is 14.9. The van der Waals surface area contributed by atoms with E-state index in [1.54, 1.807) is 0 Å².